The molecule has 0 spiro atoms. The molecule has 1 aliphatic heterocycles. The number of nitrogens with zero attached hydrogens (tertiary/aromatic N) is 3. The highest BCUT2D eigenvalue weighted by Gasteiger charge is 2.24. The average Bonchev–Trinajstić information content (AvgIpc) is 2.90. The second kappa shape index (κ2) is 8.89. The van der Waals surface area contributed by atoms with Gasteiger partial charge in [-0.05, 0) is 64.0 Å². The van der Waals surface area contributed by atoms with Gasteiger partial charge in [-0.1, -0.05) is 11.6 Å². The molecule has 1 N–H and O–H groups in total. The van der Waals surface area contributed by atoms with Gasteiger partial charge in [-0.2, -0.15) is 5.10 Å². The number of carbonyl (C=O) groups excluding carboxylic acids is 1. The first-order valence-corrected chi connectivity index (χ1v) is 9.12. The molecule has 3 rings (SSSR count). The standard InChI is InChI=1S/C19H25ClN4O.ClH/c1-13-18(12-19(25)23(3)16-8-10-21-11-9-16)14(2)24(22-13)17-6-4-15(20)5-7-17;/h4-7,16,21H,8-12H2,1-3H3;1H. The molecule has 5 nitrogen and oxygen atoms in total. The van der Waals surface area contributed by atoms with Crippen LogP contribution in [0.2, 0.25) is 5.02 Å². The normalized spacial score (nSPS) is 14.8. The maximum absolute atomic E-state index is 12.8. The fourth-order valence-electron chi connectivity index (χ4n) is 3.44. The highest BCUT2D eigenvalue weighted by atomic mass is 35.5. The molecule has 0 unspecified atom stereocenters. The van der Waals surface area contributed by atoms with E-state index < -0.39 is 0 Å². The molecular formula is C19H26Cl2N4O. The van der Waals surface area contributed by atoms with Crippen molar-refractivity contribution in [2.24, 2.45) is 0 Å². The molecule has 1 aromatic heterocycles. The van der Waals surface area contributed by atoms with Gasteiger partial charge >= 0.3 is 0 Å². The van der Waals surface area contributed by atoms with Crippen LogP contribution in [0.3, 0.4) is 0 Å². The number of hydrogen-bond donors (Lipinski definition) is 1. The van der Waals surface area contributed by atoms with Gasteiger partial charge in [0.2, 0.25) is 5.91 Å². The lowest BCUT2D eigenvalue weighted by molar-refractivity contribution is -0.131. The molecule has 2 heterocycles. The molecule has 0 bridgehead atoms. The lowest BCUT2D eigenvalue weighted by Crippen LogP contribution is -2.44. The van der Waals surface area contributed by atoms with Crippen LogP contribution in [0.5, 0.6) is 0 Å². The van der Waals surface area contributed by atoms with E-state index in [1.807, 2.05) is 54.7 Å². The van der Waals surface area contributed by atoms with E-state index in [1.54, 1.807) is 0 Å². The second-order valence-electron chi connectivity index (χ2n) is 6.70. The van der Waals surface area contributed by atoms with Gasteiger partial charge in [0.15, 0.2) is 0 Å². The Morgan fingerprint density at radius 3 is 2.50 bits per heavy atom. The molecular weight excluding hydrogens is 371 g/mol. The summed E-state index contributed by atoms with van der Waals surface area (Å²) in [6.45, 7) is 5.94. The minimum absolute atomic E-state index is 0. The highest BCUT2D eigenvalue weighted by molar-refractivity contribution is 6.30. The Balaban J connectivity index is 0.00000243. The zero-order valence-electron chi connectivity index (χ0n) is 15.5. The minimum Gasteiger partial charge on any atom is -0.342 e. The summed E-state index contributed by atoms with van der Waals surface area (Å²) in [7, 11) is 1.92. The predicted octanol–water partition coefficient (Wildman–Crippen LogP) is 3.32. The average molecular weight is 397 g/mol. The molecule has 0 aliphatic carbocycles. The summed E-state index contributed by atoms with van der Waals surface area (Å²) in [6.07, 6.45) is 2.43. The van der Waals surface area contributed by atoms with Crippen LogP contribution in [0.15, 0.2) is 24.3 Å². The molecule has 1 aromatic carbocycles. The summed E-state index contributed by atoms with van der Waals surface area (Å²) >= 11 is 5.97. The van der Waals surface area contributed by atoms with Crippen molar-refractivity contribution in [2.45, 2.75) is 39.2 Å². The number of carbonyl (C=O) groups is 1. The number of nitrogens with one attached hydrogen (secondary N) is 1. The van der Waals surface area contributed by atoms with Gasteiger partial charge in [0.25, 0.3) is 0 Å². The van der Waals surface area contributed by atoms with Crippen LogP contribution in [0.1, 0.15) is 29.8 Å². The van der Waals surface area contributed by atoms with Crippen molar-refractivity contribution in [3.05, 3.63) is 46.2 Å². The minimum atomic E-state index is 0. The number of benzene rings is 1. The van der Waals surface area contributed by atoms with Crippen molar-refractivity contribution in [2.75, 3.05) is 20.1 Å². The third-order valence-electron chi connectivity index (χ3n) is 5.09. The Kier molecular flexibility index (Phi) is 7.09. The molecule has 1 fully saturated rings. The Labute approximate surface area is 166 Å². The van der Waals surface area contributed by atoms with E-state index in [0.717, 1.165) is 48.6 Å². The lowest BCUT2D eigenvalue weighted by atomic mass is 10.0. The van der Waals surface area contributed by atoms with Crippen LogP contribution in [-0.2, 0) is 11.2 Å². The summed E-state index contributed by atoms with van der Waals surface area (Å²) in [6, 6.07) is 7.91. The van der Waals surface area contributed by atoms with Crippen molar-refractivity contribution < 1.29 is 4.79 Å². The zero-order chi connectivity index (χ0) is 18.0. The Hall–Kier alpha value is -1.56. The van der Waals surface area contributed by atoms with E-state index in [1.165, 1.54) is 0 Å². The summed E-state index contributed by atoms with van der Waals surface area (Å²) in [5, 5.41) is 8.67. The van der Waals surface area contributed by atoms with Crippen molar-refractivity contribution >= 4 is 29.9 Å². The van der Waals surface area contributed by atoms with Crippen LogP contribution in [0, 0.1) is 13.8 Å². The summed E-state index contributed by atoms with van der Waals surface area (Å²) in [5.41, 5.74) is 3.88. The predicted molar refractivity (Wildman–Crippen MR) is 108 cm³/mol. The Bertz CT molecular complexity index is 752. The number of rotatable bonds is 4. The summed E-state index contributed by atoms with van der Waals surface area (Å²) in [4.78, 5) is 14.7. The number of halogens is 2. The van der Waals surface area contributed by atoms with Gasteiger partial charge in [-0.3, -0.25) is 4.79 Å². The molecule has 2 aromatic rings. The zero-order valence-corrected chi connectivity index (χ0v) is 17.0. The van der Waals surface area contributed by atoms with E-state index in [0.29, 0.717) is 17.5 Å². The van der Waals surface area contributed by atoms with E-state index in [2.05, 4.69) is 10.4 Å². The lowest BCUT2D eigenvalue weighted by Gasteiger charge is -2.31. The summed E-state index contributed by atoms with van der Waals surface area (Å²) in [5.74, 6) is 0.161. The monoisotopic (exact) mass is 396 g/mol. The van der Waals surface area contributed by atoms with Crippen molar-refractivity contribution in [1.29, 1.82) is 0 Å². The third-order valence-corrected chi connectivity index (χ3v) is 5.34. The molecule has 0 saturated carbocycles. The second-order valence-corrected chi connectivity index (χ2v) is 7.14. The third kappa shape index (κ3) is 4.40. The Morgan fingerprint density at radius 2 is 1.88 bits per heavy atom. The first kappa shape index (κ1) is 20.7. The number of aryl methyl sites for hydroxylation is 1. The SMILES string of the molecule is Cc1nn(-c2ccc(Cl)cc2)c(C)c1CC(=O)N(C)C1CCNCC1.Cl. The van der Waals surface area contributed by atoms with Gasteiger partial charge in [-0.25, -0.2) is 4.68 Å². The number of aromatic nitrogens is 2. The largest absolute Gasteiger partial charge is 0.342 e. The molecule has 0 atom stereocenters. The molecule has 7 heteroatoms. The van der Waals surface area contributed by atoms with Crippen LogP contribution in [-0.4, -0.2) is 46.8 Å². The number of hydrogen-bond acceptors (Lipinski definition) is 3. The first-order chi connectivity index (χ1) is 12.0. The van der Waals surface area contributed by atoms with Gasteiger partial charge in [0, 0.05) is 29.4 Å². The van der Waals surface area contributed by atoms with E-state index in [-0.39, 0.29) is 18.3 Å². The number of piperidine rings is 1. The van der Waals surface area contributed by atoms with Crippen LogP contribution >= 0.6 is 24.0 Å². The van der Waals surface area contributed by atoms with Gasteiger partial charge in [0.05, 0.1) is 17.8 Å². The fraction of sp³-hybridized carbons (Fsp3) is 0.474. The first-order valence-electron chi connectivity index (χ1n) is 8.75. The quantitative estimate of drug-likeness (QED) is 0.861. The van der Waals surface area contributed by atoms with Crippen molar-refractivity contribution in [3.63, 3.8) is 0 Å². The van der Waals surface area contributed by atoms with Crippen molar-refractivity contribution in [1.82, 2.24) is 20.0 Å². The molecule has 26 heavy (non-hydrogen) atoms. The van der Waals surface area contributed by atoms with E-state index in [4.69, 9.17) is 11.6 Å². The number of amides is 1. The molecule has 1 saturated heterocycles. The van der Waals surface area contributed by atoms with Gasteiger partial charge < -0.3 is 10.2 Å². The van der Waals surface area contributed by atoms with Crippen LogP contribution < -0.4 is 5.32 Å². The highest BCUT2D eigenvalue weighted by Crippen LogP contribution is 2.21. The molecule has 1 aliphatic rings. The number of likely N-dealkylation sites (N-methyl/N-ethyl adjacent to an activating group) is 1. The Morgan fingerprint density at radius 1 is 1.27 bits per heavy atom. The maximum atomic E-state index is 12.8. The van der Waals surface area contributed by atoms with Gasteiger partial charge in [0.1, 0.15) is 0 Å². The molecule has 142 valence electrons. The fourth-order valence-corrected chi connectivity index (χ4v) is 3.56. The topological polar surface area (TPSA) is 50.2 Å². The molecule has 0 radical (unpaired) electrons. The van der Waals surface area contributed by atoms with Crippen LogP contribution in [0.4, 0.5) is 0 Å². The van der Waals surface area contributed by atoms with Crippen molar-refractivity contribution in [3.8, 4) is 5.69 Å². The van der Waals surface area contributed by atoms with E-state index in [9.17, 15) is 4.79 Å². The van der Waals surface area contributed by atoms with E-state index >= 15 is 0 Å². The summed E-state index contributed by atoms with van der Waals surface area (Å²) < 4.78 is 1.89. The smallest absolute Gasteiger partial charge is 0.227 e. The molecule has 1 amide bonds. The maximum Gasteiger partial charge on any atom is 0.227 e. The van der Waals surface area contributed by atoms with Crippen LogP contribution in [0.25, 0.3) is 5.69 Å². The van der Waals surface area contributed by atoms with Gasteiger partial charge in [-0.15, -0.1) is 12.4 Å².